The standard InChI is InChI=1S/C12H25NO3/c1-2-3-4-5-8-15-9-6-7-10-16-11-12(13)14/h2-11H2,1H3,(H2,13,14). The van der Waals surface area contributed by atoms with E-state index >= 15 is 0 Å². The molecule has 0 aromatic carbocycles. The SMILES string of the molecule is CCCCCCOCCCCOCC(N)=O. The van der Waals surface area contributed by atoms with Gasteiger partial charge in [-0.05, 0) is 19.3 Å². The molecule has 0 aliphatic rings. The molecule has 0 saturated heterocycles. The summed E-state index contributed by atoms with van der Waals surface area (Å²) in [4.78, 5) is 10.3. The molecule has 0 saturated carbocycles. The molecule has 0 radical (unpaired) electrons. The number of nitrogens with two attached hydrogens (primary N) is 1. The Bertz CT molecular complexity index is 162. The predicted octanol–water partition coefficient (Wildman–Crippen LogP) is 1.87. The lowest BCUT2D eigenvalue weighted by atomic mass is 10.2. The van der Waals surface area contributed by atoms with Gasteiger partial charge in [0.2, 0.25) is 5.91 Å². The maximum atomic E-state index is 10.3. The fraction of sp³-hybridized carbons (Fsp3) is 0.917. The van der Waals surface area contributed by atoms with Gasteiger partial charge < -0.3 is 15.2 Å². The lowest BCUT2D eigenvalue weighted by Crippen LogP contribution is -2.18. The molecule has 0 atom stereocenters. The Morgan fingerprint density at radius 2 is 1.50 bits per heavy atom. The minimum Gasteiger partial charge on any atom is -0.381 e. The van der Waals surface area contributed by atoms with Crippen molar-refractivity contribution >= 4 is 5.91 Å². The summed E-state index contributed by atoms with van der Waals surface area (Å²) in [5, 5.41) is 0. The van der Waals surface area contributed by atoms with E-state index in [-0.39, 0.29) is 6.61 Å². The molecule has 96 valence electrons. The zero-order valence-corrected chi connectivity index (χ0v) is 10.4. The van der Waals surface area contributed by atoms with Crippen molar-refractivity contribution in [3.8, 4) is 0 Å². The number of carbonyl (C=O) groups excluding carboxylic acids is 1. The van der Waals surface area contributed by atoms with Gasteiger partial charge in [-0.3, -0.25) is 4.79 Å². The molecular formula is C12H25NO3. The van der Waals surface area contributed by atoms with Crippen molar-refractivity contribution in [1.82, 2.24) is 0 Å². The normalized spacial score (nSPS) is 10.6. The lowest BCUT2D eigenvalue weighted by Gasteiger charge is -2.04. The second-order valence-electron chi connectivity index (χ2n) is 3.90. The van der Waals surface area contributed by atoms with E-state index in [1.54, 1.807) is 0 Å². The van der Waals surface area contributed by atoms with E-state index < -0.39 is 5.91 Å². The number of ether oxygens (including phenoxy) is 2. The highest BCUT2D eigenvalue weighted by Crippen LogP contribution is 1.99. The van der Waals surface area contributed by atoms with Gasteiger partial charge in [-0.25, -0.2) is 0 Å². The average Bonchev–Trinajstić information content (AvgIpc) is 2.25. The Balaban J connectivity index is 2.90. The quantitative estimate of drug-likeness (QED) is 0.521. The first-order valence-electron chi connectivity index (χ1n) is 6.21. The Kier molecular flexibility index (Phi) is 12.0. The number of hydrogen-bond donors (Lipinski definition) is 1. The summed E-state index contributed by atoms with van der Waals surface area (Å²) in [6, 6.07) is 0. The summed E-state index contributed by atoms with van der Waals surface area (Å²) in [5.74, 6) is -0.410. The molecule has 0 bridgehead atoms. The number of amides is 1. The molecule has 0 aliphatic heterocycles. The summed E-state index contributed by atoms with van der Waals surface area (Å²) in [5.41, 5.74) is 4.92. The Morgan fingerprint density at radius 3 is 2.06 bits per heavy atom. The van der Waals surface area contributed by atoms with Crippen molar-refractivity contribution in [2.75, 3.05) is 26.4 Å². The third-order valence-electron chi connectivity index (χ3n) is 2.21. The van der Waals surface area contributed by atoms with Crippen molar-refractivity contribution in [2.24, 2.45) is 5.73 Å². The molecular weight excluding hydrogens is 206 g/mol. The van der Waals surface area contributed by atoms with Crippen LogP contribution in [-0.4, -0.2) is 32.3 Å². The van der Waals surface area contributed by atoms with E-state index in [1.807, 2.05) is 0 Å². The van der Waals surface area contributed by atoms with E-state index in [4.69, 9.17) is 15.2 Å². The fourth-order valence-electron chi connectivity index (χ4n) is 1.31. The number of primary amides is 1. The molecule has 4 nitrogen and oxygen atoms in total. The van der Waals surface area contributed by atoms with Crippen LogP contribution in [0.15, 0.2) is 0 Å². The van der Waals surface area contributed by atoms with Gasteiger partial charge in [-0.1, -0.05) is 26.2 Å². The predicted molar refractivity (Wildman–Crippen MR) is 64.2 cm³/mol. The number of carbonyl (C=O) groups is 1. The van der Waals surface area contributed by atoms with Crippen molar-refractivity contribution < 1.29 is 14.3 Å². The van der Waals surface area contributed by atoms with Crippen LogP contribution < -0.4 is 5.73 Å². The van der Waals surface area contributed by atoms with Gasteiger partial charge in [0.25, 0.3) is 0 Å². The number of rotatable bonds is 12. The first-order chi connectivity index (χ1) is 7.77. The first-order valence-corrected chi connectivity index (χ1v) is 6.21. The molecule has 1 amide bonds. The lowest BCUT2D eigenvalue weighted by molar-refractivity contribution is -0.122. The van der Waals surface area contributed by atoms with Crippen molar-refractivity contribution in [1.29, 1.82) is 0 Å². The van der Waals surface area contributed by atoms with Crippen molar-refractivity contribution in [3.63, 3.8) is 0 Å². The van der Waals surface area contributed by atoms with Gasteiger partial charge in [0.15, 0.2) is 0 Å². The summed E-state index contributed by atoms with van der Waals surface area (Å²) in [7, 11) is 0. The van der Waals surface area contributed by atoms with Crippen LogP contribution in [0.2, 0.25) is 0 Å². The van der Waals surface area contributed by atoms with Crippen LogP contribution in [0.1, 0.15) is 45.4 Å². The minimum atomic E-state index is -0.410. The molecule has 0 spiro atoms. The largest absolute Gasteiger partial charge is 0.381 e. The van der Waals surface area contributed by atoms with Crippen molar-refractivity contribution in [2.45, 2.75) is 45.4 Å². The number of hydrogen-bond acceptors (Lipinski definition) is 3. The highest BCUT2D eigenvalue weighted by molar-refractivity contribution is 5.74. The van der Waals surface area contributed by atoms with E-state index in [0.29, 0.717) is 6.61 Å². The fourth-order valence-corrected chi connectivity index (χ4v) is 1.31. The second-order valence-corrected chi connectivity index (χ2v) is 3.90. The smallest absolute Gasteiger partial charge is 0.243 e. The van der Waals surface area contributed by atoms with Gasteiger partial charge >= 0.3 is 0 Å². The van der Waals surface area contributed by atoms with E-state index in [0.717, 1.165) is 32.5 Å². The molecule has 4 heteroatoms. The van der Waals surface area contributed by atoms with Crippen LogP contribution >= 0.6 is 0 Å². The monoisotopic (exact) mass is 231 g/mol. The topological polar surface area (TPSA) is 61.6 Å². The summed E-state index contributed by atoms with van der Waals surface area (Å²) < 4.78 is 10.5. The van der Waals surface area contributed by atoms with Crippen LogP contribution in [0, 0.1) is 0 Å². The van der Waals surface area contributed by atoms with Crippen LogP contribution in [0.25, 0.3) is 0 Å². The van der Waals surface area contributed by atoms with Gasteiger partial charge in [-0.2, -0.15) is 0 Å². The van der Waals surface area contributed by atoms with Gasteiger partial charge in [0.1, 0.15) is 6.61 Å². The third kappa shape index (κ3) is 13.4. The summed E-state index contributed by atoms with van der Waals surface area (Å²) in [6.45, 7) is 4.46. The molecule has 0 unspecified atom stereocenters. The highest BCUT2D eigenvalue weighted by Gasteiger charge is 1.94. The molecule has 0 aromatic heterocycles. The molecule has 16 heavy (non-hydrogen) atoms. The van der Waals surface area contributed by atoms with Gasteiger partial charge in [-0.15, -0.1) is 0 Å². The van der Waals surface area contributed by atoms with Crippen LogP contribution in [0.5, 0.6) is 0 Å². The molecule has 2 N–H and O–H groups in total. The maximum absolute atomic E-state index is 10.3. The Hall–Kier alpha value is -0.610. The van der Waals surface area contributed by atoms with E-state index in [9.17, 15) is 4.79 Å². The maximum Gasteiger partial charge on any atom is 0.243 e. The molecule has 0 rings (SSSR count). The zero-order valence-electron chi connectivity index (χ0n) is 10.4. The second kappa shape index (κ2) is 12.5. The summed E-state index contributed by atoms with van der Waals surface area (Å²) in [6.07, 6.45) is 6.88. The van der Waals surface area contributed by atoms with Crippen LogP contribution in [0.4, 0.5) is 0 Å². The summed E-state index contributed by atoms with van der Waals surface area (Å²) >= 11 is 0. The van der Waals surface area contributed by atoms with E-state index in [2.05, 4.69) is 6.92 Å². The van der Waals surface area contributed by atoms with Crippen LogP contribution in [-0.2, 0) is 14.3 Å². The Labute approximate surface area is 98.5 Å². The van der Waals surface area contributed by atoms with Crippen molar-refractivity contribution in [3.05, 3.63) is 0 Å². The van der Waals surface area contributed by atoms with E-state index in [1.165, 1.54) is 19.3 Å². The molecule has 0 aliphatic carbocycles. The Morgan fingerprint density at radius 1 is 0.938 bits per heavy atom. The highest BCUT2D eigenvalue weighted by atomic mass is 16.5. The molecule has 0 aromatic rings. The minimum absolute atomic E-state index is 0.0257. The van der Waals surface area contributed by atoms with Crippen LogP contribution in [0.3, 0.4) is 0 Å². The van der Waals surface area contributed by atoms with Gasteiger partial charge in [0, 0.05) is 19.8 Å². The number of unbranched alkanes of at least 4 members (excludes halogenated alkanes) is 4. The first kappa shape index (κ1) is 15.4. The molecule has 0 fully saturated rings. The van der Waals surface area contributed by atoms with Gasteiger partial charge in [0.05, 0.1) is 0 Å². The third-order valence-corrected chi connectivity index (χ3v) is 2.21. The average molecular weight is 231 g/mol. The zero-order chi connectivity index (χ0) is 12.1. The molecule has 0 heterocycles.